The Morgan fingerprint density at radius 2 is 2.00 bits per heavy atom. The summed E-state index contributed by atoms with van der Waals surface area (Å²) in [6.45, 7) is 4.92. The van der Waals surface area contributed by atoms with E-state index < -0.39 is 11.4 Å². The first-order chi connectivity index (χ1) is 6.42. The van der Waals surface area contributed by atoms with Crippen molar-refractivity contribution < 1.29 is 14.6 Å². The van der Waals surface area contributed by atoms with E-state index in [9.17, 15) is 9.90 Å². The second kappa shape index (κ2) is 3.89. The van der Waals surface area contributed by atoms with E-state index in [0.29, 0.717) is 6.61 Å². The molecule has 1 rings (SSSR count). The number of aliphatic carboxylic acids is 1. The summed E-state index contributed by atoms with van der Waals surface area (Å²) in [4.78, 5) is 11.1. The molecule has 0 aromatic heterocycles. The molecule has 0 unspecified atom stereocenters. The Kier molecular flexibility index (Phi) is 3.20. The van der Waals surface area contributed by atoms with Crippen molar-refractivity contribution in [2.24, 2.45) is 10.8 Å². The molecule has 0 amide bonds. The van der Waals surface area contributed by atoms with E-state index in [1.165, 1.54) is 0 Å². The van der Waals surface area contributed by atoms with Gasteiger partial charge in [0.2, 0.25) is 0 Å². The molecule has 14 heavy (non-hydrogen) atoms. The monoisotopic (exact) mass is 200 g/mol. The van der Waals surface area contributed by atoms with Crippen LogP contribution in [0.5, 0.6) is 0 Å². The van der Waals surface area contributed by atoms with Crippen molar-refractivity contribution in [2.45, 2.75) is 39.5 Å². The number of ether oxygens (including phenoxy) is 1. The topological polar surface area (TPSA) is 46.5 Å². The van der Waals surface area contributed by atoms with Crippen LogP contribution in [-0.2, 0) is 9.53 Å². The van der Waals surface area contributed by atoms with Crippen molar-refractivity contribution in [3.63, 3.8) is 0 Å². The zero-order chi connectivity index (χ0) is 10.8. The van der Waals surface area contributed by atoms with Crippen molar-refractivity contribution in [3.05, 3.63) is 0 Å². The van der Waals surface area contributed by atoms with Gasteiger partial charge in [-0.15, -0.1) is 0 Å². The third-order valence-corrected chi connectivity index (χ3v) is 3.09. The van der Waals surface area contributed by atoms with Gasteiger partial charge in [0.1, 0.15) is 0 Å². The van der Waals surface area contributed by atoms with Crippen LogP contribution in [0.3, 0.4) is 0 Å². The van der Waals surface area contributed by atoms with Crippen molar-refractivity contribution in [1.82, 2.24) is 0 Å². The molecule has 0 aromatic carbocycles. The van der Waals surface area contributed by atoms with Gasteiger partial charge < -0.3 is 9.84 Å². The molecule has 1 N–H and O–H groups in total. The lowest BCUT2D eigenvalue weighted by molar-refractivity contribution is -0.165. The Hall–Kier alpha value is -0.570. The molecule has 1 aliphatic carbocycles. The van der Waals surface area contributed by atoms with Gasteiger partial charge in [0.25, 0.3) is 0 Å². The fourth-order valence-electron chi connectivity index (χ4n) is 2.77. The molecule has 0 aliphatic heterocycles. The highest BCUT2D eigenvalue weighted by atomic mass is 16.5. The summed E-state index contributed by atoms with van der Waals surface area (Å²) in [6.07, 6.45) is 3.20. The maximum absolute atomic E-state index is 11.1. The summed E-state index contributed by atoms with van der Waals surface area (Å²) in [5, 5.41) is 9.17. The second-order valence-corrected chi connectivity index (χ2v) is 5.20. The number of methoxy groups -OCH3 is 1. The molecule has 1 aliphatic rings. The van der Waals surface area contributed by atoms with Crippen LogP contribution in [0.1, 0.15) is 39.5 Å². The highest BCUT2D eigenvalue weighted by Gasteiger charge is 2.53. The first-order valence-electron chi connectivity index (χ1n) is 5.14. The predicted octanol–water partition coefficient (Wildman–Crippen LogP) is 2.30. The molecule has 0 saturated heterocycles. The van der Waals surface area contributed by atoms with Gasteiger partial charge in [-0.1, -0.05) is 13.8 Å². The van der Waals surface area contributed by atoms with Crippen LogP contribution < -0.4 is 0 Å². The van der Waals surface area contributed by atoms with E-state index in [-0.39, 0.29) is 5.41 Å². The normalized spacial score (nSPS) is 22.8. The van der Waals surface area contributed by atoms with E-state index >= 15 is 0 Å². The number of carbonyl (C=O) groups is 1. The minimum atomic E-state index is -0.632. The molecule has 1 fully saturated rings. The zero-order valence-electron chi connectivity index (χ0n) is 9.30. The first kappa shape index (κ1) is 11.5. The van der Waals surface area contributed by atoms with E-state index in [1.54, 1.807) is 7.11 Å². The van der Waals surface area contributed by atoms with E-state index in [4.69, 9.17) is 4.74 Å². The standard InChI is InChI=1S/C11H20O3/c1-10(2)7-11(8-10,9(12)13)5-4-6-14-3/h4-8H2,1-3H3,(H,12,13). The third kappa shape index (κ3) is 2.27. The predicted molar refractivity (Wildman–Crippen MR) is 54.2 cm³/mol. The number of hydrogen-bond donors (Lipinski definition) is 1. The fourth-order valence-corrected chi connectivity index (χ4v) is 2.77. The number of rotatable bonds is 5. The molecule has 82 valence electrons. The van der Waals surface area contributed by atoms with Gasteiger partial charge in [-0.05, 0) is 31.1 Å². The summed E-state index contributed by atoms with van der Waals surface area (Å²) in [7, 11) is 1.65. The van der Waals surface area contributed by atoms with Gasteiger partial charge >= 0.3 is 5.97 Å². The van der Waals surface area contributed by atoms with Gasteiger partial charge in [0, 0.05) is 13.7 Å². The number of carboxylic acids is 1. The first-order valence-corrected chi connectivity index (χ1v) is 5.14. The summed E-state index contributed by atoms with van der Waals surface area (Å²) in [5.41, 5.74) is -0.243. The van der Waals surface area contributed by atoms with Crippen LogP contribution in [0.15, 0.2) is 0 Å². The van der Waals surface area contributed by atoms with Gasteiger partial charge in [-0.25, -0.2) is 0 Å². The lowest BCUT2D eigenvalue weighted by atomic mass is 9.53. The summed E-state index contributed by atoms with van der Waals surface area (Å²) >= 11 is 0. The number of carboxylic acid groups (broad SMARTS) is 1. The van der Waals surface area contributed by atoms with E-state index in [1.807, 2.05) is 0 Å². The molecule has 1 saturated carbocycles. The average Bonchev–Trinajstić information content (AvgIpc) is 2.00. The van der Waals surface area contributed by atoms with E-state index in [0.717, 1.165) is 25.7 Å². The van der Waals surface area contributed by atoms with E-state index in [2.05, 4.69) is 13.8 Å². The van der Waals surface area contributed by atoms with Gasteiger partial charge in [0.15, 0.2) is 0 Å². The van der Waals surface area contributed by atoms with Crippen LogP contribution in [-0.4, -0.2) is 24.8 Å². The molecule has 0 spiro atoms. The van der Waals surface area contributed by atoms with Crippen molar-refractivity contribution in [1.29, 1.82) is 0 Å². The summed E-state index contributed by atoms with van der Waals surface area (Å²) in [5.74, 6) is -0.632. The summed E-state index contributed by atoms with van der Waals surface area (Å²) in [6, 6.07) is 0. The molecule has 3 heteroatoms. The SMILES string of the molecule is COCCCC1(C(=O)O)CC(C)(C)C1. The Bertz CT molecular complexity index is 213. The van der Waals surface area contributed by atoms with Crippen LogP contribution in [0.25, 0.3) is 0 Å². The minimum Gasteiger partial charge on any atom is -0.481 e. The smallest absolute Gasteiger partial charge is 0.309 e. The largest absolute Gasteiger partial charge is 0.481 e. The molecule has 3 nitrogen and oxygen atoms in total. The van der Waals surface area contributed by atoms with Crippen molar-refractivity contribution >= 4 is 5.97 Å². The van der Waals surface area contributed by atoms with Gasteiger partial charge in [0.05, 0.1) is 5.41 Å². The Labute approximate surface area is 85.5 Å². The van der Waals surface area contributed by atoms with Crippen LogP contribution in [0.4, 0.5) is 0 Å². The molecule has 0 heterocycles. The maximum atomic E-state index is 11.1. The minimum absolute atomic E-state index is 0.214. The highest BCUT2D eigenvalue weighted by Crippen LogP contribution is 2.56. The Balaban J connectivity index is 2.46. The van der Waals surface area contributed by atoms with Gasteiger partial charge in [-0.3, -0.25) is 4.79 Å². The zero-order valence-corrected chi connectivity index (χ0v) is 9.30. The van der Waals surface area contributed by atoms with Crippen LogP contribution >= 0.6 is 0 Å². The average molecular weight is 200 g/mol. The molecular weight excluding hydrogens is 180 g/mol. The highest BCUT2D eigenvalue weighted by molar-refractivity contribution is 5.76. The van der Waals surface area contributed by atoms with Gasteiger partial charge in [-0.2, -0.15) is 0 Å². The lowest BCUT2D eigenvalue weighted by Crippen LogP contribution is -2.48. The third-order valence-electron chi connectivity index (χ3n) is 3.09. The maximum Gasteiger partial charge on any atom is 0.309 e. The molecule has 0 bridgehead atoms. The Morgan fingerprint density at radius 3 is 2.36 bits per heavy atom. The Morgan fingerprint density at radius 1 is 1.43 bits per heavy atom. The molecule has 0 atom stereocenters. The van der Waals surface area contributed by atoms with Crippen molar-refractivity contribution in [3.8, 4) is 0 Å². The summed E-state index contributed by atoms with van der Waals surface area (Å²) < 4.78 is 4.94. The molecule has 0 aromatic rings. The quantitative estimate of drug-likeness (QED) is 0.693. The second-order valence-electron chi connectivity index (χ2n) is 5.20. The molecule has 0 radical (unpaired) electrons. The fraction of sp³-hybridized carbons (Fsp3) is 0.909. The van der Waals surface area contributed by atoms with Crippen LogP contribution in [0.2, 0.25) is 0 Å². The molecular formula is C11H20O3. The number of hydrogen-bond acceptors (Lipinski definition) is 2. The lowest BCUT2D eigenvalue weighted by Gasteiger charge is -2.50. The van der Waals surface area contributed by atoms with Crippen LogP contribution in [0, 0.1) is 10.8 Å². The van der Waals surface area contributed by atoms with Crippen molar-refractivity contribution in [2.75, 3.05) is 13.7 Å².